The summed E-state index contributed by atoms with van der Waals surface area (Å²) >= 11 is 0. The molecule has 15 heavy (non-hydrogen) atoms. The molecule has 84 valence electrons. The summed E-state index contributed by atoms with van der Waals surface area (Å²) in [5.74, 6) is -0.0133. The Hall–Kier alpha value is -1.08. The van der Waals surface area contributed by atoms with Crippen molar-refractivity contribution in [1.82, 2.24) is 9.80 Å². The molecule has 0 radical (unpaired) electrons. The van der Waals surface area contributed by atoms with E-state index in [1.54, 1.807) is 6.92 Å². The number of hydrogen-bond acceptors (Lipinski definition) is 3. The number of likely N-dealkylation sites (N-methyl/N-ethyl adjacent to an activating group) is 1. The molecule has 0 aliphatic carbocycles. The van der Waals surface area contributed by atoms with Gasteiger partial charge in [-0.1, -0.05) is 6.92 Å². The molecule has 0 aromatic rings. The molecule has 1 aliphatic heterocycles. The van der Waals surface area contributed by atoms with E-state index in [2.05, 4.69) is 11.0 Å². The van der Waals surface area contributed by atoms with Crippen LogP contribution in [0, 0.1) is 16.7 Å². The third-order valence-corrected chi connectivity index (χ3v) is 3.22. The number of amides is 1. The molecule has 1 unspecified atom stereocenters. The Bertz CT molecular complexity index is 276. The highest BCUT2D eigenvalue weighted by atomic mass is 16.2. The van der Waals surface area contributed by atoms with Crippen LogP contribution in [0.5, 0.6) is 0 Å². The summed E-state index contributed by atoms with van der Waals surface area (Å²) < 4.78 is 0. The zero-order valence-corrected chi connectivity index (χ0v) is 9.79. The summed E-state index contributed by atoms with van der Waals surface area (Å²) in [6.07, 6.45) is 0.578. The minimum atomic E-state index is -0.837. The minimum Gasteiger partial charge on any atom is -0.339 e. The van der Waals surface area contributed by atoms with Gasteiger partial charge < -0.3 is 9.80 Å². The van der Waals surface area contributed by atoms with Gasteiger partial charge >= 0.3 is 0 Å². The van der Waals surface area contributed by atoms with Crippen LogP contribution in [0.1, 0.15) is 20.3 Å². The Kier molecular flexibility index (Phi) is 3.70. The fourth-order valence-electron chi connectivity index (χ4n) is 1.64. The number of rotatable bonds is 2. The molecule has 1 heterocycles. The number of nitrogens with zero attached hydrogens (tertiary/aromatic N) is 3. The lowest BCUT2D eigenvalue weighted by atomic mass is 9.87. The van der Waals surface area contributed by atoms with Gasteiger partial charge in [0.2, 0.25) is 5.91 Å². The lowest BCUT2D eigenvalue weighted by Crippen LogP contribution is -2.51. The van der Waals surface area contributed by atoms with Gasteiger partial charge in [0, 0.05) is 26.2 Å². The van der Waals surface area contributed by atoms with Crippen LogP contribution in [-0.2, 0) is 4.79 Å². The van der Waals surface area contributed by atoms with Gasteiger partial charge in [-0.25, -0.2) is 0 Å². The molecule has 4 heteroatoms. The Morgan fingerprint density at radius 2 is 1.93 bits per heavy atom. The average Bonchev–Trinajstić information content (AvgIpc) is 2.28. The molecule has 0 aromatic heterocycles. The number of nitriles is 1. The van der Waals surface area contributed by atoms with Crippen LogP contribution in [0.15, 0.2) is 0 Å². The molecule has 1 atom stereocenters. The van der Waals surface area contributed by atoms with Crippen LogP contribution >= 0.6 is 0 Å². The molecular weight excluding hydrogens is 190 g/mol. The van der Waals surface area contributed by atoms with Crippen molar-refractivity contribution in [2.24, 2.45) is 5.41 Å². The third kappa shape index (κ3) is 2.48. The van der Waals surface area contributed by atoms with E-state index in [4.69, 9.17) is 5.26 Å². The van der Waals surface area contributed by atoms with Gasteiger partial charge in [0.25, 0.3) is 0 Å². The van der Waals surface area contributed by atoms with E-state index >= 15 is 0 Å². The molecule has 0 bridgehead atoms. The Balaban J connectivity index is 2.65. The standard InChI is InChI=1S/C11H19N3O/c1-4-11(2,9-12)10(15)14-7-5-13(3)6-8-14/h4-8H2,1-3H3. The van der Waals surface area contributed by atoms with Gasteiger partial charge in [0.05, 0.1) is 6.07 Å². The quantitative estimate of drug-likeness (QED) is 0.672. The Labute approximate surface area is 91.5 Å². The maximum Gasteiger partial charge on any atom is 0.242 e. The van der Waals surface area contributed by atoms with Crippen LogP contribution in [0.2, 0.25) is 0 Å². The topological polar surface area (TPSA) is 47.3 Å². The fourth-order valence-corrected chi connectivity index (χ4v) is 1.64. The van der Waals surface area contributed by atoms with Crippen molar-refractivity contribution in [3.05, 3.63) is 0 Å². The molecule has 0 N–H and O–H groups in total. The molecule has 0 spiro atoms. The van der Waals surface area contributed by atoms with Gasteiger partial charge in [-0.15, -0.1) is 0 Å². The van der Waals surface area contributed by atoms with Crippen LogP contribution in [0.3, 0.4) is 0 Å². The van der Waals surface area contributed by atoms with E-state index in [0.29, 0.717) is 6.42 Å². The fraction of sp³-hybridized carbons (Fsp3) is 0.818. The van der Waals surface area contributed by atoms with Crippen molar-refractivity contribution in [2.45, 2.75) is 20.3 Å². The number of carbonyl (C=O) groups excluding carboxylic acids is 1. The lowest BCUT2D eigenvalue weighted by molar-refractivity contribution is -0.140. The zero-order chi connectivity index (χ0) is 11.5. The molecule has 0 aromatic carbocycles. The van der Waals surface area contributed by atoms with Crippen molar-refractivity contribution in [3.8, 4) is 6.07 Å². The molecule has 1 saturated heterocycles. The van der Waals surface area contributed by atoms with Crippen LogP contribution < -0.4 is 0 Å². The van der Waals surface area contributed by atoms with E-state index in [0.717, 1.165) is 26.2 Å². The molecule has 4 nitrogen and oxygen atoms in total. The predicted octanol–water partition coefficient (Wildman–Crippen LogP) is 0.700. The normalized spacial score (nSPS) is 21.9. The lowest BCUT2D eigenvalue weighted by Gasteiger charge is -2.35. The predicted molar refractivity (Wildman–Crippen MR) is 58.1 cm³/mol. The molecule has 1 aliphatic rings. The maximum atomic E-state index is 12.1. The highest BCUT2D eigenvalue weighted by Crippen LogP contribution is 2.23. The van der Waals surface area contributed by atoms with Crippen LogP contribution in [-0.4, -0.2) is 48.9 Å². The van der Waals surface area contributed by atoms with Crippen molar-refractivity contribution < 1.29 is 4.79 Å². The second kappa shape index (κ2) is 4.63. The van der Waals surface area contributed by atoms with E-state index < -0.39 is 5.41 Å². The average molecular weight is 209 g/mol. The molecule has 1 amide bonds. The monoisotopic (exact) mass is 209 g/mol. The number of carbonyl (C=O) groups is 1. The highest BCUT2D eigenvalue weighted by Gasteiger charge is 2.35. The van der Waals surface area contributed by atoms with Crippen molar-refractivity contribution in [2.75, 3.05) is 33.2 Å². The van der Waals surface area contributed by atoms with Gasteiger partial charge in [-0.05, 0) is 20.4 Å². The van der Waals surface area contributed by atoms with Crippen LogP contribution in [0.4, 0.5) is 0 Å². The number of hydrogen-bond donors (Lipinski definition) is 0. The first kappa shape index (κ1) is 12.0. The summed E-state index contributed by atoms with van der Waals surface area (Å²) in [7, 11) is 2.05. The first-order valence-electron chi connectivity index (χ1n) is 5.42. The SMILES string of the molecule is CCC(C)(C#N)C(=O)N1CCN(C)CC1. The summed E-state index contributed by atoms with van der Waals surface area (Å²) in [5.41, 5.74) is -0.837. The van der Waals surface area contributed by atoms with E-state index in [1.165, 1.54) is 0 Å². The maximum absolute atomic E-state index is 12.1. The molecule has 0 saturated carbocycles. The van der Waals surface area contributed by atoms with Crippen molar-refractivity contribution in [3.63, 3.8) is 0 Å². The van der Waals surface area contributed by atoms with Gasteiger partial charge in [0.1, 0.15) is 5.41 Å². The highest BCUT2D eigenvalue weighted by molar-refractivity contribution is 5.85. The van der Waals surface area contributed by atoms with E-state index in [9.17, 15) is 4.79 Å². The Morgan fingerprint density at radius 3 is 2.33 bits per heavy atom. The van der Waals surface area contributed by atoms with E-state index in [1.807, 2.05) is 18.9 Å². The first-order chi connectivity index (χ1) is 7.03. The molecular formula is C11H19N3O. The zero-order valence-electron chi connectivity index (χ0n) is 9.79. The van der Waals surface area contributed by atoms with Crippen LogP contribution in [0.25, 0.3) is 0 Å². The van der Waals surface area contributed by atoms with Crippen molar-refractivity contribution in [1.29, 1.82) is 5.26 Å². The summed E-state index contributed by atoms with van der Waals surface area (Å²) in [5, 5.41) is 9.03. The smallest absolute Gasteiger partial charge is 0.242 e. The van der Waals surface area contributed by atoms with Gasteiger partial charge in [-0.3, -0.25) is 4.79 Å². The second-order valence-electron chi connectivity index (χ2n) is 4.39. The molecule has 1 rings (SSSR count). The largest absolute Gasteiger partial charge is 0.339 e. The van der Waals surface area contributed by atoms with Crippen molar-refractivity contribution >= 4 is 5.91 Å². The summed E-state index contributed by atoms with van der Waals surface area (Å²) in [6, 6.07) is 2.13. The third-order valence-electron chi connectivity index (χ3n) is 3.22. The van der Waals surface area contributed by atoms with Gasteiger partial charge in [0.15, 0.2) is 0 Å². The first-order valence-corrected chi connectivity index (χ1v) is 5.42. The van der Waals surface area contributed by atoms with E-state index in [-0.39, 0.29) is 5.91 Å². The van der Waals surface area contributed by atoms with Gasteiger partial charge in [-0.2, -0.15) is 5.26 Å². The second-order valence-corrected chi connectivity index (χ2v) is 4.39. The summed E-state index contributed by atoms with van der Waals surface area (Å²) in [6.45, 7) is 6.90. The Morgan fingerprint density at radius 1 is 1.40 bits per heavy atom. The summed E-state index contributed by atoms with van der Waals surface area (Å²) in [4.78, 5) is 16.1. The number of piperazine rings is 1. The minimum absolute atomic E-state index is 0.0133. The molecule has 1 fully saturated rings.